The molecule has 6 nitrogen and oxygen atoms in total. The molecule has 3 aromatic rings. The third-order valence-corrected chi connectivity index (χ3v) is 5.00. The zero-order valence-corrected chi connectivity index (χ0v) is 17.1. The Labute approximate surface area is 185 Å². The summed E-state index contributed by atoms with van der Waals surface area (Å²) in [7, 11) is 0. The molecule has 1 atom stereocenters. The van der Waals surface area contributed by atoms with E-state index < -0.39 is 35.5 Å². The molecule has 1 aliphatic heterocycles. The van der Waals surface area contributed by atoms with E-state index in [4.69, 9.17) is 4.42 Å². The van der Waals surface area contributed by atoms with Crippen molar-refractivity contribution < 1.29 is 31.6 Å². The Hall–Kier alpha value is -4.08. The normalized spacial score (nSPS) is 16.3. The molecule has 4 rings (SSSR count). The Morgan fingerprint density at radius 1 is 1.06 bits per heavy atom. The molecule has 10 heteroatoms. The Bertz CT molecular complexity index is 1250. The van der Waals surface area contributed by atoms with Crippen molar-refractivity contribution in [1.82, 2.24) is 10.6 Å². The summed E-state index contributed by atoms with van der Waals surface area (Å²) in [6.45, 7) is 1.50. The number of carbonyl (C=O) groups excluding carboxylic acids is 2. The molecule has 2 aromatic carbocycles. The van der Waals surface area contributed by atoms with E-state index in [-0.39, 0.29) is 22.7 Å². The summed E-state index contributed by atoms with van der Waals surface area (Å²) < 4.78 is 58.0. The molecule has 170 valence electrons. The number of allylic oxidation sites excluding steroid dienone is 1. The molecule has 0 fully saturated rings. The highest BCUT2D eigenvalue weighted by molar-refractivity contribution is 6.06. The van der Waals surface area contributed by atoms with Crippen molar-refractivity contribution in [3.8, 4) is 11.3 Å². The number of amides is 3. The smallest absolute Gasteiger partial charge is 0.416 e. The van der Waals surface area contributed by atoms with Gasteiger partial charge in [0.25, 0.3) is 5.91 Å². The molecular weight excluding hydrogens is 442 g/mol. The minimum atomic E-state index is -4.57. The average Bonchev–Trinajstić information content (AvgIpc) is 3.23. The van der Waals surface area contributed by atoms with Crippen molar-refractivity contribution in [3.05, 3.63) is 89.1 Å². The number of furan rings is 1. The number of benzene rings is 2. The fraction of sp³-hybridized carbons (Fsp3) is 0.130. The summed E-state index contributed by atoms with van der Waals surface area (Å²) in [5.41, 5.74) is -0.108. The first-order valence-corrected chi connectivity index (χ1v) is 9.74. The second kappa shape index (κ2) is 8.45. The molecule has 0 aliphatic carbocycles. The third kappa shape index (κ3) is 4.74. The number of halogens is 4. The number of urea groups is 1. The van der Waals surface area contributed by atoms with Gasteiger partial charge in [0.1, 0.15) is 23.4 Å². The summed E-state index contributed by atoms with van der Waals surface area (Å²) in [6, 6.07) is 11.4. The first-order chi connectivity index (χ1) is 15.6. The lowest BCUT2D eigenvalue weighted by Crippen LogP contribution is -2.45. The number of carbonyl (C=O) groups is 2. The lowest BCUT2D eigenvalue weighted by Gasteiger charge is -2.27. The van der Waals surface area contributed by atoms with E-state index in [0.29, 0.717) is 11.3 Å². The van der Waals surface area contributed by atoms with Gasteiger partial charge in [-0.2, -0.15) is 13.2 Å². The lowest BCUT2D eigenvalue weighted by atomic mass is 9.99. The molecule has 1 aliphatic rings. The van der Waals surface area contributed by atoms with Gasteiger partial charge in [-0.25, -0.2) is 9.18 Å². The van der Waals surface area contributed by atoms with Crippen LogP contribution in [0.1, 0.15) is 24.3 Å². The summed E-state index contributed by atoms with van der Waals surface area (Å²) in [5, 5.41) is 7.51. The van der Waals surface area contributed by atoms with Crippen molar-refractivity contribution >= 4 is 17.6 Å². The van der Waals surface area contributed by atoms with Crippen molar-refractivity contribution in [1.29, 1.82) is 0 Å². The van der Waals surface area contributed by atoms with Crippen LogP contribution in [0.4, 0.5) is 28.0 Å². The molecule has 3 amide bonds. The van der Waals surface area contributed by atoms with Crippen molar-refractivity contribution in [2.24, 2.45) is 0 Å². The largest absolute Gasteiger partial charge is 0.459 e. The topological polar surface area (TPSA) is 83.4 Å². The van der Waals surface area contributed by atoms with Crippen LogP contribution in [0.3, 0.4) is 0 Å². The van der Waals surface area contributed by atoms with Crippen molar-refractivity contribution in [3.63, 3.8) is 0 Å². The molecule has 2 heterocycles. The standard InChI is InChI=1S/C23H17F4N3O3/c1-12-19(21(31)29-16-4-2-3-14(11-16)23(25,26)27)20(30-22(32)28-12)18-10-9-17(33-18)13-5-7-15(24)8-6-13/h2-11,20H,1H3,(H,29,31)(H2,28,30,32)/t20-/m1/s1. The van der Waals surface area contributed by atoms with E-state index >= 15 is 0 Å². The van der Waals surface area contributed by atoms with Crippen LogP contribution in [0.25, 0.3) is 11.3 Å². The average molecular weight is 459 g/mol. The highest BCUT2D eigenvalue weighted by atomic mass is 19.4. The van der Waals surface area contributed by atoms with Gasteiger partial charge in [0.05, 0.1) is 11.1 Å². The van der Waals surface area contributed by atoms with E-state index in [2.05, 4.69) is 16.0 Å². The Kier molecular flexibility index (Phi) is 5.67. The highest BCUT2D eigenvalue weighted by Gasteiger charge is 2.34. The van der Waals surface area contributed by atoms with Gasteiger partial charge < -0.3 is 20.4 Å². The van der Waals surface area contributed by atoms with Gasteiger partial charge in [-0.15, -0.1) is 0 Å². The molecule has 1 aromatic heterocycles. The molecule has 33 heavy (non-hydrogen) atoms. The predicted molar refractivity (Wildman–Crippen MR) is 111 cm³/mol. The van der Waals surface area contributed by atoms with Crippen LogP contribution in [0.5, 0.6) is 0 Å². The lowest BCUT2D eigenvalue weighted by molar-refractivity contribution is -0.137. The Morgan fingerprint density at radius 2 is 1.79 bits per heavy atom. The Balaban J connectivity index is 1.64. The first kappa shape index (κ1) is 22.1. The number of hydrogen-bond donors (Lipinski definition) is 3. The molecule has 0 bridgehead atoms. The molecule has 0 radical (unpaired) electrons. The predicted octanol–water partition coefficient (Wildman–Crippen LogP) is 5.37. The minimum Gasteiger partial charge on any atom is -0.459 e. The maximum Gasteiger partial charge on any atom is 0.416 e. The fourth-order valence-electron chi connectivity index (χ4n) is 3.46. The van der Waals surface area contributed by atoms with E-state index in [0.717, 1.165) is 12.1 Å². The number of nitrogens with one attached hydrogen (secondary N) is 3. The number of anilines is 1. The Morgan fingerprint density at radius 3 is 2.48 bits per heavy atom. The first-order valence-electron chi connectivity index (χ1n) is 9.74. The van der Waals surface area contributed by atoms with E-state index in [9.17, 15) is 27.2 Å². The van der Waals surface area contributed by atoms with Gasteiger partial charge in [-0.05, 0) is 61.5 Å². The van der Waals surface area contributed by atoms with Crippen LogP contribution in [-0.4, -0.2) is 11.9 Å². The molecule has 0 saturated heterocycles. The van der Waals surface area contributed by atoms with Crippen molar-refractivity contribution in [2.75, 3.05) is 5.32 Å². The van der Waals surface area contributed by atoms with E-state index in [1.807, 2.05) is 0 Å². The highest BCUT2D eigenvalue weighted by Crippen LogP contribution is 2.33. The summed E-state index contributed by atoms with van der Waals surface area (Å²) >= 11 is 0. The number of hydrogen-bond acceptors (Lipinski definition) is 3. The SMILES string of the molecule is CC1=C(C(=O)Nc2cccc(C(F)(F)F)c2)[C@@H](c2ccc(-c3ccc(F)cc3)o2)NC(=O)N1. The zero-order valence-electron chi connectivity index (χ0n) is 17.1. The number of alkyl halides is 3. The number of rotatable bonds is 4. The van der Waals surface area contributed by atoms with Gasteiger partial charge in [-0.1, -0.05) is 6.07 Å². The maximum atomic E-state index is 13.2. The van der Waals surface area contributed by atoms with Gasteiger partial charge in [0.15, 0.2) is 0 Å². The molecule has 0 saturated carbocycles. The van der Waals surface area contributed by atoms with Gasteiger partial charge >= 0.3 is 12.2 Å². The molecule has 0 unspecified atom stereocenters. The second-order valence-corrected chi connectivity index (χ2v) is 7.31. The molecular formula is C23H17F4N3O3. The summed E-state index contributed by atoms with van der Waals surface area (Å²) in [5.74, 6) is -0.530. The van der Waals surface area contributed by atoms with Gasteiger partial charge in [0.2, 0.25) is 0 Å². The van der Waals surface area contributed by atoms with Crippen LogP contribution >= 0.6 is 0 Å². The zero-order chi connectivity index (χ0) is 23.8. The quantitative estimate of drug-likeness (QED) is 0.459. The monoisotopic (exact) mass is 459 g/mol. The van der Waals surface area contributed by atoms with Crippen LogP contribution in [0, 0.1) is 5.82 Å². The summed E-state index contributed by atoms with van der Waals surface area (Å²) in [4.78, 5) is 25.1. The van der Waals surface area contributed by atoms with E-state index in [1.165, 1.54) is 43.3 Å². The minimum absolute atomic E-state index is 0.0581. The second-order valence-electron chi connectivity index (χ2n) is 7.31. The van der Waals surface area contributed by atoms with Gasteiger partial charge in [-0.3, -0.25) is 4.79 Å². The van der Waals surface area contributed by atoms with E-state index in [1.54, 1.807) is 12.1 Å². The maximum absolute atomic E-state index is 13.2. The van der Waals surface area contributed by atoms with Crippen LogP contribution < -0.4 is 16.0 Å². The van der Waals surface area contributed by atoms with Crippen LogP contribution in [0.2, 0.25) is 0 Å². The van der Waals surface area contributed by atoms with Crippen LogP contribution in [-0.2, 0) is 11.0 Å². The molecule has 3 N–H and O–H groups in total. The van der Waals surface area contributed by atoms with Gasteiger partial charge in [0, 0.05) is 16.9 Å². The fourth-order valence-corrected chi connectivity index (χ4v) is 3.46. The molecule has 0 spiro atoms. The van der Waals surface area contributed by atoms with Crippen LogP contribution in [0.15, 0.2) is 76.4 Å². The third-order valence-electron chi connectivity index (χ3n) is 5.00. The van der Waals surface area contributed by atoms with Crippen molar-refractivity contribution in [2.45, 2.75) is 19.1 Å². The summed E-state index contributed by atoms with van der Waals surface area (Å²) in [6.07, 6.45) is -4.57.